The molecule has 0 saturated heterocycles. The number of aromatic carboxylic acids is 1. The van der Waals surface area contributed by atoms with E-state index in [4.69, 9.17) is 9.15 Å². The molecule has 3 aromatic rings. The van der Waals surface area contributed by atoms with Gasteiger partial charge in [0, 0.05) is 30.1 Å². The molecule has 0 aliphatic carbocycles. The van der Waals surface area contributed by atoms with Crippen LogP contribution in [0.1, 0.15) is 38.1 Å². The molecule has 28 heavy (non-hydrogen) atoms. The highest BCUT2D eigenvalue weighted by Crippen LogP contribution is 2.40. The summed E-state index contributed by atoms with van der Waals surface area (Å²) in [6.07, 6.45) is -0.0662. The van der Waals surface area contributed by atoms with Gasteiger partial charge in [0.05, 0.1) is 11.8 Å². The van der Waals surface area contributed by atoms with Gasteiger partial charge < -0.3 is 19.2 Å². The highest BCUT2D eigenvalue weighted by molar-refractivity contribution is 6.09. The number of benzene rings is 2. The lowest BCUT2D eigenvalue weighted by Gasteiger charge is -2.25. The van der Waals surface area contributed by atoms with Gasteiger partial charge in [0.2, 0.25) is 0 Å². The number of halogens is 1. The van der Waals surface area contributed by atoms with Crippen LogP contribution >= 0.6 is 0 Å². The fraction of sp³-hybridized carbons (Fsp3) is 0.318. The lowest BCUT2D eigenvalue weighted by atomic mass is 10.0. The summed E-state index contributed by atoms with van der Waals surface area (Å²) in [4.78, 5) is 14.1. The van der Waals surface area contributed by atoms with Gasteiger partial charge in [-0.2, -0.15) is 0 Å². The summed E-state index contributed by atoms with van der Waals surface area (Å²) in [6, 6.07) is 9.13. The van der Waals surface area contributed by atoms with Crippen LogP contribution in [0.25, 0.3) is 22.3 Å². The third-order valence-corrected chi connectivity index (χ3v) is 4.56. The summed E-state index contributed by atoms with van der Waals surface area (Å²) in [5.74, 6) is -0.688. The van der Waals surface area contributed by atoms with E-state index in [1.54, 1.807) is 6.07 Å². The standard InChI is InChI=1S/C22H24FNO4/c1-5-24(6-2)17-12-18-16(11-19(17)27-13(3)4)20(22(25)26)21(28-18)14-7-9-15(23)10-8-14/h7-13H,5-6H2,1-4H3,(H,25,26). The Bertz CT molecular complexity index is 988. The van der Waals surface area contributed by atoms with Crippen molar-refractivity contribution in [2.75, 3.05) is 18.0 Å². The third kappa shape index (κ3) is 3.67. The second-order valence-electron chi connectivity index (χ2n) is 6.77. The lowest BCUT2D eigenvalue weighted by molar-refractivity contribution is 0.0699. The van der Waals surface area contributed by atoms with Crippen LogP contribution in [0.4, 0.5) is 10.1 Å². The first-order valence-corrected chi connectivity index (χ1v) is 9.37. The second-order valence-corrected chi connectivity index (χ2v) is 6.77. The van der Waals surface area contributed by atoms with Crippen LogP contribution in [0.5, 0.6) is 5.75 Å². The summed E-state index contributed by atoms with van der Waals surface area (Å²) in [5, 5.41) is 10.3. The molecule has 5 nitrogen and oxygen atoms in total. The van der Waals surface area contributed by atoms with E-state index in [0.29, 0.717) is 22.3 Å². The number of furan rings is 1. The summed E-state index contributed by atoms with van der Waals surface area (Å²) in [7, 11) is 0. The van der Waals surface area contributed by atoms with Crippen molar-refractivity contribution in [1.29, 1.82) is 0 Å². The third-order valence-electron chi connectivity index (χ3n) is 4.56. The Balaban J connectivity index is 2.28. The van der Waals surface area contributed by atoms with Gasteiger partial charge in [-0.3, -0.25) is 0 Å². The molecule has 0 unspecified atom stereocenters. The van der Waals surface area contributed by atoms with Gasteiger partial charge in [0.25, 0.3) is 0 Å². The Hall–Kier alpha value is -3.02. The van der Waals surface area contributed by atoms with Crippen molar-refractivity contribution < 1.29 is 23.4 Å². The van der Waals surface area contributed by atoms with E-state index in [1.807, 2.05) is 33.8 Å². The predicted octanol–water partition coefficient (Wildman–Crippen LogP) is 5.57. The Morgan fingerprint density at radius 2 is 1.82 bits per heavy atom. The minimum atomic E-state index is -1.11. The molecule has 0 fully saturated rings. The van der Waals surface area contributed by atoms with Crippen molar-refractivity contribution in [2.45, 2.75) is 33.8 Å². The van der Waals surface area contributed by atoms with Gasteiger partial charge in [-0.15, -0.1) is 0 Å². The fourth-order valence-electron chi connectivity index (χ4n) is 3.29. The molecule has 148 valence electrons. The van der Waals surface area contributed by atoms with Crippen LogP contribution in [0.15, 0.2) is 40.8 Å². The van der Waals surface area contributed by atoms with Crippen LogP contribution in [-0.2, 0) is 0 Å². The first-order chi connectivity index (χ1) is 13.3. The largest absolute Gasteiger partial charge is 0.489 e. The number of nitrogens with zero attached hydrogens (tertiary/aromatic N) is 1. The van der Waals surface area contributed by atoms with Crippen LogP contribution < -0.4 is 9.64 Å². The monoisotopic (exact) mass is 385 g/mol. The van der Waals surface area contributed by atoms with Crippen molar-refractivity contribution in [3.8, 4) is 17.1 Å². The highest BCUT2D eigenvalue weighted by atomic mass is 19.1. The number of rotatable bonds is 7. The molecule has 0 amide bonds. The van der Waals surface area contributed by atoms with E-state index >= 15 is 0 Å². The maximum atomic E-state index is 13.3. The molecule has 1 N–H and O–H groups in total. The number of carbonyl (C=O) groups is 1. The molecule has 6 heteroatoms. The van der Waals surface area contributed by atoms with Crippen molar-refractivity contribution >= 4 is 22.6 Å². The summed E-state index contributed by atoms with van der Waals surface area (Å²) in [5.41, 5.74) is 1.85. The molecule has 1 aromatic heterocycles. The number of fused-ring (bicyclic) bond motifs is 1. The molecule has 0 bridgehead atoms. The number of carboxylic acid groups (broad SMARTS) is 1. The topological polar surface area (TPSA) is 62.9 Å². The van der Waals surface area contributed by atoms with E-state index in [-0.39, 0.29) is 17.4 Å². The van der Waals surface area contributed by atoms with Crippen LogP contribution in [0.3, 0.4) is 0 Å². The molecule has 0 spiro atoms. The number of hydrogen-bond donors (Lipinski definition) is 1. The van der Waals surface area contributed by atoms with E-state index in [9.17, 15) is 14.3 Å². The molecule has 0 aliphatic heterocycles. The Morgan fingerprint density at radius 1 is 1.18 bits per heavy atom. The Labute approximate surface area is 163 Å². The number of ether oxygens (including phenoxy) is 1. The van der Waals surface area contributed by atoms with Gasteiger partial charge in [0.1, 0.15) is 28.5 Å². The Kier molecular flexibility index (Phi) is 5.58. The highest BCUT2D eigenvalue weighted by Gasteiger charge is 2.24. The number of anilines is 1. The lowest BCUT2D eigenvalue weighted by Crippen LogP contribution is -2.23. The maximum Gasteiger partial charge on any atom is 0.340 e. The van der Waals surface area contributed by atoms with E-state index < -0.39 is 11.8 Å². The van der Waals surface area contributed by atoms with Crippen molar-refractivity contribution in [3.63, 3.8) is 0 Å². The molecular formula is C22H24FNO4. The quantitative estimate of drug-likeness (QED) is 0.576. The summed E-state index contributed by atoms with van der Waals surface area (Å²) in [6.45, 7) is 9.48. The normalized spacial score (nSPS) is 11.2. The fourth-order valence-corrected chi connectivity index (χ4v) is 3.29. The second kappa shape index (κ2) is 7.92. The average molecular weight is 385 g/mol. The van der Waals surface area contributed by atoms with Gasteiger partial charge in [-0.25, -0.2) is 9.18 Å². The number of hydrogen-bond acceptors (Lipinski definition) is 4. The van der Waals surface area contributed by atoms with E-state index in [2.05, 4.69) is 4.90 Å². The van der Waals surface area contributed by atoms with Gasteiger partial charge in [-0.05, 0) is 58.0 Å². The maximum absolute atomic E-state index is 13.3. The van der Waals surface area contributed by atoms with Crippen LogP contribution in [-0.4, -0.2) is 30.3 Å². The molecule has 1 heterocycles. The first-order valence-electron chi connectivity index (χ1n) is 9.37. The smallest absolute Gasteiger partial charge is 0.340 e. The summed E-state index contributed by atoms with van der Waals surface area (Å²) < 4.78 is 25.2. The molecule has 0 aliphatic rings. The SMILES string of the molecule is CCN(CC)c1cc2oc(-c3ccc(F)cc3)c(C(=O)O)c2cc1OC(C)C. The van der Waals surface area contributed by atoms with E-state index in [0.717, 1.165) is 18.8 Å². The number of carboxylic acids is 1. The Morgan fingerprint density at radius 3 is 2.36 bits per heavy atom. The minimum absolute atomic E-state index is 0.0429. The van der Waals surface area contributed by atoms with Crippen molar-refractivity contribution in [2.24, 2.45) is 0 Å². The summed E-state index contributed by atoms with van der Waals surface area (Å²) >= 11 is 0. The average Bonchev–Trinajstić information content (AvgIpc) is 3.01. The van der Waals surface area contributed by atoms with E-state index in [1.165, 1.54) is 24.3 Å². The van der Waals surface area contributed by atoms with Crippen molar-refractivity contribution in [1.82, 2.24) is 0 Å². The molecule has 0 saturated carbocycles. The molecule has 0 atom stereocenters. The minimum Gasteiger partial charge on any atom is -0.489 e. The molecule has 3 rings (SSSR count). The molecule has 0 radical (unpaired) electrons. The van der Waals surface area contributed by atoms with Crippen LogP contribution in [0, 0.1) is 5.82 Å². The predicted molar refractivity (Wildman–Crippen MR) is 108 cm³/mol. The van der Waals surface area contributed by atoms with Gasteiger partial charge in [0.15, 0.2) is 0 Å². The zero-order valence-electron chi connectivity index (χ0n) is 16.5. The first kappa shape index (κ1) is 19.7. The molecule has 2 aromatic carbocycles. The van der Waals surface area contributed by atoms with Gasteiger partial charge >= 0.3 is 5.97 Å². The van der Waals surface area contributed by atoms with Crippen LogP contribution in [0.2, 0.25) is 0 Å². The zero-order chi connectivity index (χ0) is 20.4. The zero-order valence-corrected chi connectivity index (χ0v) is 16.5. The molecular weight excluding hydrogens is 361 g/mol. The van der Waals surface area contributed by atoms with Gasteiger partial charge in [-0.1, -0.05) is 0 Å². The van der Waals surface area contributed by atoms with Crippen molar-refractivity contribution in [3.05, 3.63) is 47.8 Å².